The van der Waals surface area contributed by atoms with Gasteiger partial charge in [-0.1, -0.05) is 30.3 Å². The van der Waals surface area contributed by atoms with Gasteiger partial charge in [0, 0.05) is 32.2 Å². The molecule has 0 bridgehead atoms. The number of hydrogen-bond acceptors (Lipinski definition) is 2. The summed E-state index contributed by atoms with van der Waals surface area (Å²) >= 11 is 0. The van der Waals surface area contributed by atoms with Crippen molar-refractivity contribution in [3.8, 4) is 0 Å². The van der Waals surface area contributed by atoms with E-state index < -0.39 is 0 Å². The van der Waals surface area contributed by atoms with Crippen LogP contribution in [0.4, 0.5) is 4.39 Å². The zero-order valence-corrected chi connectivity index (χ0v) is 14.3. The molecule has 2 rings (SSSR count). The molecular weight excluding hydrogens is 319 g/mol. The molecule has 5 nitrogen and oxygen atoms in total. The Hall–Kier alpha value is -2.89. The van der Waals surface area contributed by atoms with Gasteiger partial charge in [-0.15, -0.1) is 0 Å². The third kappa shape index (κ3) is 6.63. The van der Waals surface area contributed by atoms with E-state index in [1.54, 1.807) is 31.3 Å². The van der Waals surface area contributed by atoms with E-state index in [1.165, 1.54) is 12.1 Å². The van der Waals surface area contributed by atoms with Crippen LogP contribution in [0.2, 0.25) is 0 Å². The van der Waals surface area contributed by atoms with Crippen molar-refractivity contribution in [2.75, 3.05) is 20.1 Å². The highest BCUT2D eigenvalue weighted by molar-refractivity contribution is 5.94. The smallest absolute Gasteiger partial charge is 0.251 e. The molecule has 0 aliphatic heterocycles. The highest BCUT2D eigenvalue weighted by Gasteiger charge is 2.03. The minimum absolute atomic E-state index is 0.0700. The predicted octanol–water partition coefficient (Wildman–Crippen LogP) is 2.31. The molecule has 0 heterocycles. The molecule has 0 radical (unpaired) electrons. The van der Waals surface area contributed by atoms with Gasteiger partial charge in [-0.05, 0) is 36.2 Å². The molecule has 0 atom stereocenters. The van der Waals surface area contributed by atoms with Crippen molar-refractivity contribution in [3.05, 3.63) is 71.5 Å². The number of benzene rings is 2. The molecule has 2 aromatic carbocycles. The molecule has 0 saturated heterocycles. The van der Waals surface area contributed by atoms with Gasteiger partial charge >= 0.3 is 0 Å². The van der Waals surface area contributed by atoms with Crippen molar-refractivity contribution in [3.63, 3.8) is 0 Å². The van der Waals surface area contributed by atoms with Crippen molar-refractivity contribution in [2.24, 2.45) is 4.99 Å². The number of amides is 1. The molecule has 6 heteroatoms. The Morgan fingerprint density at radius 3 is 2.32 bits per heavy atom. The fraction of sp³-hybridized carbons (Fsp3) is 0.263. The first-order valence-electron chi connectivity index (χ1n) is 8.21. The summed E-state index contributed by atoms with van der Waals surface area (Å²) in [5.74, 6) is 0.349. The van der Waals surface area contributed by atoms with Crippen LogP contribution in [-0.2, 0) is 6.54 Å². The summed E-state index contributed by atoms with van der Waals surface area (Å²) in [7, 11) is 1.69. The van der Waals surface area contributed by atoms with E-state index in [4.69, 9.17) is 0 Å². The average molecular weight is 342 g/mol. The number of guanidine groups is 1. The van der Waals surface area contributed by atoms with E-state index >= 15 is 0 Å². The number of rotatable bonds is 7. The van der Waals surface area contributed by atoms with E-state index in [9.17, 15) is 9.18 Å². The topological polar surface area (TPSA) is 65.5 Å². The zero-order chi connectivity index (χ0) is 17.9. The van der Waals surface area contributed by atoms with Crippen LogP contribution in [0.15, 0.2) is 59.6 Å². The van der Waals surface area contributed by atoms with Crippen molar-refractivity contribution in [1.82, 2.24) is 16.0 Å². The lowest BCUT2D eigenvalue weighted by atomic mass is 10.2. The Balaban J connectivity index is 1.62. The second-order valence-corrected chi connectivity index (χ2v) is 5.45. The van der Waals surface area contributed by atoms with Gasteiger partial charge in [0.25, 0.3) is 5.91 Å². The van der Waals surface area contributed by atoms with Crippen LogP contribution >= 0.6 is 0 Å². The van der Waals surface area contributed by atoms with Crippen molar-refractivity contribution < 1.29 is 9.18 Å². The molecule has 0 saturated carbocycles. The SMILES string of the molecule is CN=C(NCCCNC(=O)c1ccccc1)NCc1ccc(F)cc1. The number of hydrogen-bond donors (Lipinski definition) is 3. The van der Waals surface area contributed by atoms with E-state index in [0.29, 0.717) is 31.2 Å². The van der Waals surface area contributed by atoms with Gasteiger partial charge in [-0.25, -0.2) is 4.39 Å². The number of halogens is 1. The molecule has 3 N–H and O–H groups in total. The van der Waals surface area contributed by atoms with Crippen LogP contribution < -0.4 is 16.0 Å². The largest absolute Gasteiger partial charge is 0.356 e. The second-order valence-electron chi connectivity index (χ2n) is 5.45. The summed E-state index contributed by atoms with van der Waals surface area (Å²) in [6, 6.07) is 15.5. The predicted molar refractivity (Wildman–Crippen MR) is 98.0 cm³/mol. The molecule has 2 aromatic rings. The Kier molecular flexibility index (Phi) is 7.43. The van der Waals surface area contributed by atoms with Crippen LogP contribution in [0.5, 0.6) is 0 Å². The number of aliphatic imine (C=N–C) groups is 1. The lowest BCUT2D eigenvalue weighted by Crippen LogP contribution is -2.38. The molecular formula is C19H23FN4O. The number of carbonyl (C=O) groups excluding carboxylic acids is 1. The summed E-state index contributed by atoms with van der Waals surface area (Å²) in [5, 5.41) is 9.22. The van der Waals surface area contributed by atoms with E-state index in [0.717, 1.165) is 12.0 Å². The lowest BCUT2D eigenvalue weighted by molar-refractivity contribution is 0.0953. The van der Waals surface area contributed by atoms with Crippen LogP contribution in [-0.4, -0.2) is 32.0 Å². The Morgan fingerprint density at radius 2 is 1.64 bits per heavy atom. The molecule has 0 unspecified atom stereocenters. The van der Waals surface area contributed by atoms with Gasteiger partial charge in [-0.3, -0.25) is 9.79 Å². The van der Waals surface area contributed by atoms with E-state index in [-0.39, 0.29) is 11.7 Å². The second kappa shape index (κ2) is 10.1. The van der Waals surface area contributed by atoms with Gasteiger partial charge < -0.3 is 16.0 Å². The number of nitrogens with zero attached hydrogens (tertiary/aromatic N) is 1. The normalized spacial score (nSPS) is 11.0. The minimum atomic E-state index is -0.246. The number of nitrogens with one attached hydrogen (secondary N) is 3. The molecule has 1 amide bonds. The summed E-state index contributed by atoms with van der Waals surface area (Å²) in [4.78, 5) is 16.0. The molecule has 0 fully saturated rings. The van der Waals surface area contributed by atoms with E-state index in [2.05, 4.69) is 20.9 Å². The molecule has 0 aromatic heterocycles. The summed E-state index contributed by atoms with van der Waals surface area (Å²) in [6.07, 6.45) is 0.774. The first-order chi connectivity index (χ1) is 12.2. The first kappa shape index (κ1) is 18.4. The first-order valence-corrected chi connectivity index (χ1v) is 8.21. The Labute approximate surface area is 147 Å². The molecule has 0 aliphatic carbocycles. The van der Waals surface area contributed by atoms with Crippen LogP contribution in [0.25, 0.3) is 0 Å². The minimum Gasteiger partial charge on any atom is -0.356 e. The van der Waals surface area contributed by atoms with Gasteiger partial charge in [0.05, 0.1) is 0 Å². The fourth-order valence-corrected chi connectivity index (χ4v) is 2.20. The Morgan fingerprint density at radius 1 is 0.960 bits per heavy atom. The molecule has 132 valence electrons. The van der Waals surface area contributed by atoms with Crippen LogP contribution in [0.3, 0.4) is 0 Å². The van der Waals surface area contributed by atoms with Gasteiger partial charge in [0.1, 0.15) is 5.82 Å². The van der Waals surface area contributed by atoms with Gasteiger partial charge in [-0.2, -0.15) is 0 Å². The van der Waals surface area contributed by atoms with Crippen LogP contribution in [0.1, 0.15) is 22.3 Å². The summed E-state index contributed by atoms with van der Waals surface area (Å²) < 4.78 is 12.9. The summed E-state index contributed by atoms with van der Waals surface area (Å²) in [6.45, 7) is 1.82. The Bertz CT molecular complexity index is 686. The van der Waals surface area contributed by atoms with Crippen molar-refractivity contribution in [2.45, 2.75) is 13.0 Å². The maximum atomic E-state index is 12.9. The van der Waals surface area contributed by atoms with Crippen LogP contribution in [0, 0.1) is 5.82 Å². The molecule has 0 spiro atoms. The fourth-order valence-electron chi connectivity index (χ4n) is 2.20. The van der Waals surface area contributed by atoms with Crippen molar-refractivity contribution >= 4 is 11.9 Å². The van der Waals surface area contributed by atoms with Gasteiger partial charge in [0.15, 0.2) is 5.96 Å². The van der Waals surface area contributed by atoms with E-state index in [1.807, 2.05) is 18.2 Å². The van der Waals surface area contributed by atoms with Gasteiger partial charge in [0.2, 0.25) is 0 Å². The quantitative estimate of drug-likeness (QED) is 0.411. The third-order valence-corrected chi connectivity index (χ3v) is 3.56. The maximum Gasteiger partial charge on any atom is 0.251 e. The standard InChI is InChI=1S/C19H23FN4O/c1-21-19(24-14-15-8-10-17(20)11-9-15)23-13-5-12-22-18(25)16-6-3-2-4-7-16/h2-4,6-11H,5,12-14H2,1H3,(H,22,25)(H2,21,23,24). The number of carbonyl (C=O) groups is 1. The highest BCUT2D eigenvalue weighted by Crippen LogP contribution is 2.02. The molecule has 0 aliphatic rings. The lowest BCUT2D eigenvalue weighted by Gasteiger charge is -2.12. The summed E-state index contributed by atoms with van der Waals surface area (Å²) in [5.41, 5.74) is 1.63. The average Bonchev–Trinajstić information content (AvgIpc) is 2.65. The zero-order valence-electron chi connectivity index (χ0n) is 14.3. The third-order valence-electron chi connectivity index (χ3n) is 3.56. The monoisotopic (exact) mass is 342 g/mol. The highest BCUT2D eigenvalue weighted by atomic mass is 19.1. The van der Waals surface area contributed by atoms with Crippen molar-refractivity contribution in [1.29, 1.82) is 0 Å². The maximum absolute atomic E-state index is 12.9. The molecule has 25 heavy (non-hydrogen) atoms.